The molecule has 0 aromatic heterocycles. The number of benzene rings is 2. The van der Waals surface area contributed by atoms with E-state index in [4.69, 9.17) is 11.6 Å². The summed E-state index contributed by atoms with van der Waals surface area (Å²) in [6, 6.07) is 10.9. The van der Waals surface area contributed by atoms with Gasteiger partial charge in [0.05, 0.1) is 16.3 Å². The van der Waals surface area contributed by atoms with Gasteiger partial charge in [-0.25, -0.2) is 0 Å². The normalized spacial score (nSPS) is 10.3. The van der Waals surface area contributed by atoms with Gasteiger partial charge in [-0.3, -0.25) is 4.79 Å². The fourth-order valence-electron chi connectivity index (χ4n) is 1.45. The molecule has 2 nitrogen and oxygen atoms in total. The summed E-state index contributed by atoms with van der Waals surface area (Å²) < 4.78 is 2.59. The molecule has 0 unspecified atom stereocenters. The van der Waals surface area contributed by atoms with E-state index in [-0.39, 0.29) is 5.91 Å². The number of amides is 1. The van der Waals surface area contributed by atoms with Crippen LogP contribution in [0.5, 0.6) is 0 Å². The Bertz CT molecular complexity index is 649. The molecule has 0 heterocycles. The fourth-order valence-corrected chi connectivity index (χ4v) is 2.90. The van der Waals surface area contributed by atoms with E-state index >= 15 is 0 Å². The zero-order valence-corrected chi connectivity index (χ0v) is 15.5. The second kappa shape index (κ2) is 6.56. The SMILES string of the molecule is O=C(Nc1cc(Br)ccc1Cl)c1cc(I)ccc1Br. The molecular formula is C13H7Br2ClINO. The average Bonchev–Trinajstić information content (AvgIpc) is 2.36. The van der Waals surface area contributed by atoms with Crippen molar-refractivity contribution in [3.05, 3.63) is 59.5 Å². The lowest BCUT2D eigenvalue weighted by atomic mass is 10.2. The van der Waals surface area contributed by atoms with Gasteiger partial charge in [-0.2, -0.15) is 0 Å². The summed E-state index contributed by atoms with van der Waals surface area (Å²) in [5.74, 6) is -0.203. The molecule has 0 atom stereocenters. The van der Waals surface area contributed by atoms with Gasteiger partial charge in [-0.1, -0.05) is 27.5 Å². The zero-order valence-electron chi connectivity index (χ0n) is 9.38. The van der Waals surface area contributed by atoms with Gasteiger partial charge in [0.15, 0.2) is 0 Å². The van der Waals surface area contributed by atoms with E-state index in [1.165, 1.54) is 0 Å². The Labute approximate surface area is 146 Å². The third-order valence-electron chi connectivity index (χ3n) is 2.35. The highest BCUT2D eigenvalue weighted by Gasteiger charge is 2.12. The summed E-state index contributed by atoms with van der Waals surface area (Å²) >= 11 is 14.9. The molecule has 2 rings (SSSR count). The molecule has 2 aromatic rings. The van der Waals surface area contributed by atoms with Gasteiger partial charge in [0, 0.05) is 12.5 Å². The van der Waals surface area contributed by atoms with E-state index in [1.807, 2.05) is 24.3 Å². The summed E-state index contributed by atoms with van der Waals surface area (Å²) in [5, 5.41) is 3.30. The summed E-state index contributed by atoms with van der Waals surface area (Å²) in [5.41, 5.74) is 1.15. The molecule has 0 bridgehead atoms. The lowest BCUT2D eigenvalue weighted by Gasteiger charge is -2.09. The maximum Gasteiger partial charge on any atom is 0.256 e. The van der Waals surface area contributed by atoms with Gasteiger partial charge < -0.3 is 5.32 Å². The van der Waals surface area contributed by atoms with Crippen molar-refractivity contribution in [3.8, 4) is 0 Å². The number of rotatable bonds is 2. The van der Waals surface area contributed by atoms with Crippen LogP contribution in [0.3, 0.4) is 0 Å². The van der Waals surface area contributed by atoms with E-state index < -0.39 is 0 Å². The number of halogens is 4. The molecule has 6 heteroatoms. The van der Waals surface area contributed by atoms with Gasteiger partial charge in [0.25, 0.3) is 5.91 Å². The lowest BCUT2D eigenvalue weighted by Crippen LogP contribution is -2.13. The number of anilines is 1. The van der Waals surface area contributed by atoms with Crippen LogP contribution in [0, 0.1) is 3.57 Å². The van der Waals surface area contributed by atoms with Crippen LogP contribution in [-0.2, 0) is 0 Å². The van der Waals surface area contributed by atoms with Crippen molar-refractivity contribution < 1.29 is 4.79 Å². The maximum atomic E-state index is 12.2. The third-order valence-corrected chi connectivity index (χ3v) is 4.53. The van der Waals surface area contributed by atoms with Crippen LogP contribution in [0.25, 0.3) is 0 Å². The first-order valence-electron chi connectivity index (χ1n) is 5.19. The summed E-state index contributed by atoms with van der Waals surface area (Å²) in [6.45, 7) is 0. The van der Waals surface area contributed by atoms with Crippen molar-refractivity contribution in [1.29, 1.82) is 0 Å². The number of carbonyl (C=O) groups is 1. The Kier molecular flexibility index (Phi) is 5.28. The molecule has 1 N–H and O–H groups in total. The van der Waals surface area contributed by atoms with Crippen molar-refractivity contribution in [3.63, 3.8) is 0 Å². The first-order chi connectivity index (χ1) is 8.97. The van der Waals surface area contributed by atoms with E-state index in [0.717, 1.165) is 12.5 Å². The molecule has 0 aliphatic carbocycles. The van der Waals surface area contributed by atoms with Crippen molar-refractivity contribution in [2.75, 3.05) is 5.32 Å². The summed E-state index contributed by atoms with van der Waals surface area (Å²) in [4.78, 5) is 12.2. The summed E-state index contributed by atoms with van der Waals surface area (Å²) in [6.07, 6.45) is 0. The zero-order chi connectivity index (χ0) is 14.0. The van der Waals surface area contributed by atoms with Gasteiger partial charge in [0.1, 0.15) is 0 Å². The molecule has 0 saturated carbocycles. The van der Waals surface area contributed by atoms with Crippen LogP contribution in [0.4, 0.5) is 5.69 Å². The second-order valence-electron chi connectivity index (χ2n) is 3.70. The van der Waals surface area contributed by atoms with Crippen molar-refractivity contribution >= 4 is 77.6 Å². The Morgan fingerprint density at radius 1 is 1.16 bits per heavy atom. The van der Waals surface area contributed by atoms with Crippen LogP contribution in [0.2, 0.25) is 5.02 Å². The third kappa shape index (κ3) is 3.93. The molecule has 0 aliphatic rings. The molecule has 0 radical (unpaired) electrons. The van der Waals surface area contributed by atoms with Crippen LogP contribution in [-0.4, -0.2) is 5.91 Å². The van der Waals surface area contributed by atoms with Crippen molar-refractivity contribution in [2.24, 2.45) is 0 Å². The Balaban J connectivity index is 2.30. The minimum absolute atomic E-state index is 0.203. The van der Waals surface area contributed by atoms with E-state index in [2.05, 4.69) is 59.8 Å². The van der Waals surface area contributed by atoms with E-state index in [0.29, 0.717) is 16.3 Å². The van der Waals surface area contributed by atoms with Crippen LogP contribution in [0.1, 0.15) is 10.4 Å². The number of hydrogen-bond acceptors (Lipinski definition) is 1. The van der Waals surface area contributed by atoms with Crippen LogP contribution >= 0.6 is 66.1 Å². The average molecular weight is 515 g/mol. The Morgan fingerprint density at radius 2 is 1.89 bits per heavy atom. The smallest absolute Gasteiger partial charge is 0.256 e. The van der Waals surface area contributed by atoms with Crippen LogP contribution in [0.15, 0.2) is 45.3 Å². The fraction of sp³-hybridized carbons (Fsp3) is 0. The van der Waals surface area contributed by atoms with Gasteiger partial charge in [-0.05, 0) is 74.9 Å². The highest BCUT2D eigenvalue weighted by atomic mass is 127. The molecule has 0 aliphatic heterocycles. The number of carbonyl (C=O) groups excluding carboxylic acids is 1. The van der Waals surface area contributed by atoms with E-state index in [9.17, 15) is 4.79 Å². The molecule has 0 spiro atoms. The molecule has 0 saturated heterocycles. The van der Waals surface area contributed by atoms with E-state index in [1.54, 1.807) is 12.1 Å². The molecule has 98 valence electrons. The van der Waals surface area contributed by atoms with Crippen molar-refractivity contribution in [2.45, 2.75) is 0 Å². The molecule has 2 aromatic carbocycles. The lowest BCUT2D eigenvalue weighted by molar-refractivity contribution is 0.102. The molecule has 19 heavy (non-hydrogen) atoms. The maximum absolute atomic E-state index is 12.2. The largest absolute Gasteiger partial charge is 0.321 e. The van der Waals surface area contributed by atoms with Crippen LogP contribution < -0.4 is 5.32 Å². The predicted octanol–water partition coefficient (Wildman–Crippen LogP) is 5.72. The highest BCUT2D eigenvalue weighted by molar-refractivity contribution is 14.1. The predicted molar refractivity (Wildman–Crippen MR) is 94.0 cm³/mol. The van der Waals surface area contributed by atoms with Gasteiger partial charge in [-0.15, -0.1) is 0 Å². The number of hydrogen-bond donors (Lipinski definition) is 1. The molecule has 1 amide bonds. The molecular weight excluding hydrogens is 508 g/mol. The van der Waals surface area contributed by atoms with Gasteiger partial charge >= 0.3 is 0 Å². The highest BCUT2D eigenvalue weighted by Crippen LogP contribution is 2.27. The standard InChI is InChI=1S/C13H7Br2ClINO/c14-7-1-4-11(16)12(5-7)18-13(19)9-6-8(17)2-3-10(9)15/h1-6H,(H,18,19). The monoisotopic (exact) mass is 513 g/mol. The molecule has 0 fully saturated rings. The second-order valence-corrected chi connectivity index (χ2v) is 7.13. The first kappa shape index (κ1) is 15.3. The number of nitrogens with one attached hydrogen (secondary N) is 1. The topological polar surface area (TPSA) is 29.1 Å². The minimum Gasteiger partial charge on any atom is -0.321 e. The quantitative estimate of drug-likeness (QED) is 0.510. The summed E-state index contributed by atoms with van der Waals surface area (Å²) in [7, 11) is 0. The minimum atomic E-state index is -0.203. The Morgan fingerprint density at radius 3 is 2.63 bits per heavy atom. The van der Waals surface area contributed by atoms with Crippen molar-refractivity contribution in [1.82, 2.24) is 0 Å². The van der Waals surface area contributed by atoms with Gasteiger partial charge in [0.2, 0.25) is 0 Å². The Hall–Kier alpha value is -0.110. The first-order valence-corrected chi connectivity index (χ1v) is 8.23.